The van der Waals surface area contributed by atoms with E-state index in [4.69, 9.17) is 0 Å². The maximum atomic E-state index is 12.3. The molecule has 0 bridgehead atoms. The van der Waals surface area contributed by atoms with Gasteiger partial charge in [0.1, 0.15) is 0 Å². The fourth-order valence-electron chi connectivity index (χ4n) is 3.52. The van der Waals surface area contributed by atoms with Crippen LogP contribution in [-0.4, -0.2) is 30.9 Å². The summed E-state index contributed by atoms with van der Waals surface area (Å²) >= 11 is 3.48. The van der Waals surface area contributed by atoms with Crippen LogP contribution in [0.1, 0.15) is 43.0 Å². The maximum Gasteiger partial charge on any atom is 0.303 e. The molecule has 0 aromatic heterocycles. The predicted octanol–water partition coefficient (Wildman–Crippen LogP) is 1.78. The molecule has 3 rings (SSSR count). The molecule has 1 unspecified atom stereocenters. The number of benzene rings is 1. The Kier molecular flexibility index (Phi) is 4.13. The summed E-state index contributed by atoms with van der Waals surface area (Å²) < 4.78 is 0.823. The fourth-order valence-corrected chi connectivity index (χ4v) is 4.10. The number of ketones is 1. The van der Waals surface area contributed by atoms with Crippen molar-refractivity contribution in [1.29, 1.82) is 0 Å². The second kappa shape index (κ2) is 5.89. The lowest BCUT2D eigenvalue weighted by Crippen LogP contribution is -3.18. The monoisotopic (exact) mass is 351 g/mol. The number of fused-ring (bicyclic) bond motifs is 1. The number of piperidine rings is 1. The van der Waals surface area contributed by atoms with Crippen LogP contribution in [0.2, 0.25) is 0 Å². The van der Waals surface area contributed by atoms with E-state index in [1.54, 1.807) is 17.0 Å². The lowest BCUT2D eigenvalue weighted by molar-refractivity contribution is -0.929. The van der Waals surface area contributed by atoms with E-state index in [-0.39, 0.29) is 11.7 Å². The second-order valence-electron chi connectivity index (χ2n) is 5.87. The molecule has 1 aromatic rings. The zero-order valence-electron chi connectivity index (χ0n) is 12.2. The molecule has 5 heteroatoms. The van der Waals surface area contributed by atoms with Crippen molar-refractivity contribution in [2.75, 3.05) is 18.1 Å². The lowest BCUT2D eigenvalue weighted by atomic mass is 10.0. The van der Waals surface area contributed by atoms with Crippen LogP contribution in [0, 0.1) is 0 Å². The molecular weight excluding hydrogens is 332 g/mol. The topological polar surface area (TPSA) is 41.8 Å². The Labute approximate surface area is 133 Å². The molecule has 1 amide bonds. The second-order valence-corrected chi connectivity index (χ2v) is 6.72. The van der Waals surface area contributed by atoms with Crippen LogP contribution in [0.5, 0.6) is 0 Å². The Hall–Kier alpha value is -1.20. The summed E-state index contributed by atoms with van der Waals surface area (Å²) in [6, 6.07) is 6.03. The molecule has 2 atom stereocenters. The van der Waals surface area contributed by atoms with Crippen LogP contribution >= 0.6 is 15.9 Å². The van der Waals surface area contributed by atoms with Crippen molar-refractivity contribution < 1.29 is 14.5 Å². The summed E-state index contributed by atoms with van der Waals surface area (Å²) in [6.07, 6.45) is 4.80. The van der Waals surface area contributed by atoms with Crippen LogP contribution < -0.4 is 9.80 Å². The van der Waals surface area contributed by atoms with Crippen LogP contribution in [-0.2, 0) is 4.79 Å². The number of quaternary nitrogens is 1. The number of rotatable bonds is 3. The van der Waals surface area contributed by atoms with E-state index >= 15 is 0 Å². The van der Waals surface area contributed by atoms with Crippen LogP contribution in [0.3, 0.4) is 0 Å². The third-order valence-electron chi connectivity index (χ3n) is 4.67. The van der Waals surface area contributed by atoms with Crippen LogP contribution in [0.25, 0.3) is 0 Å². The van der Waals surface area contributed by atoms with E-state index in [1.807, 2.05) is 6.07 Å². The molecule has 4 nitrogen and oxygen atoms in total. The summed E-state index contributed by atoms with van der Waals surface area (Å²) in [6.45, 7) is 3.88. The van der Waals surface area contributed by atoms with Crippen molar-refractivity contribution in [2.24, 2.45) is 0 Å². The molecule has 1 N–H and O–H groups in total. The molecule has 112 valence electrons. The number of carbonyl (C=O) groups is 2. The van der Waals surface area contributed by atoms with Crippen LogP contribution in [0.4, 0.5) is 5.69 Å². The van der Waals surface area contributed by atoms with Crippen molar-refractivity contribution in [3.05, 3.63) is 28.2 Å². The van der Waals surface area contributed by atoms with Crippen molar-refractivity contribution in [1.82, 2.24) is 0 Å². The average molecular weight is 352 g/mol. The first-order valence-electron chi connectivity index (χ1n) is 7.62. The minimum absolute atomic E-state index is 0.379. The van der Waals surface area contributed by atoms with E-state index in [9.17, 15) is 9.59 Å². The molecule has 2 aliphatic rings. The fraction of sp³-hybridized carbons (Fsp3) is 0.500. The van der Waals surface area contributed by atoms with Gasteiger partial charge in [-0.15, -0.1) is 0 Å². The molecule has 0 aliphatic carbocycles. The number of halogens is 1. The van der Waals surface area contributed by atoms with Gasteiger partial charge < -0.3 is 4.90 Å². The van der Waals surface area contributed by atoms with Gasteiger partial charge in [-0.2, -0.15) is 0 Å². The Morgan fingerprint density at radius 3 is 2.90 bits per heavy atom. The third kappa shape index (κ3) is 2.53. The smallest absolute Gasteiger partial charge is 0.303 e. The van der Waals surface area contributed by atoms with Crippen LogP contribution in [0.15, 0.2) is 22.7 Å². The Morgan fingerprint density at radius 1 is 1.33 bits per heavy atom. The minimum Gasteiger partial charge on any atom is -0.315 e. The Balaban J connectivity index is 1.89. The number of nitrogens with zero attached hydrogens (tertiary/aromatic N) is 1. The van der Waals surface area contributed by atoms with Crippen molar-refractivity contribution in [2.45, 2.75) is 38.6 Å². The van der Waals surface area contributed by atoms with E-state index in [0.29, 0.717) is 18.3 Å². The van der Waals surface area contributed by atoms with Gasteiger partial charge in [-0.05, 0) is 53.7 Å². The standard InChI is InChI=1S/C16H19BrN2O2/c1-2-11-6-3-4-9-18(11)10-19-14-12(15(20)16(19)21)7-5-8-13(14)17/h5,7-8,11H,2-4,6,9-10H2,1H3/p+1/t11-/m1/s1. The zero-order valence-corrected chi connectivity index (χ0v) is 13.8. The van der Waals surface area contributed by atoms with Gasteiger partial charge in [-0.1, -0.05) is 13.0 Å². The summed E-state index contributed by atoms with van der Waals surface area (Å²) in [5.74, 6) is -0.763. The van der Waals surface area contributed by atoms with E-state index < -0.39 is 0 Å². The van der Waals surface area contributed by atoms with Gasteiger partial charge in [0.05, 0.1) is 23.8 Å². The first kappa shape index (κ1) is 14.7. The van der Waals surface area contributed by atoms with E-state index in [0.717, 1.165) is 23.1 Å². The summed E-state index contributed by atoms with van der Waals surface area (Å²) in [4.78, 5) is 27.6. The van der Waals surface area contributed by atoms with Gasteiger partial charge in [0, 0.05) is 4.47 Å². The number of amides is 1. The van der Waals surface area contributed by atoms with Gasteiger partial charge in [0.15, 0.2) is 6.67 Å². The van der Waals surface area contributed by atoms with Gasteiger partial charge >= 0.3 is 5.91 Å². The quantitative estimate of drug-likeness (QED) is 0.843. The highest BCUT2D eigenvalue weighted by atomic mass is 79.9. The number of likely N-dealkylation sites (tertiary alicyclic amines) is 1. The molecule has 0 spiro atoms. The number of anilines is 1. The maximum absolute atomic E-state index is 12.3. The largest absolute Gasteiger partial charge is 0.315 e. The van der Waals surface area contributed by atoms with E-state index in [2.05, 4.69) is 22.9 Å². The van der Waals surface area contributed by atoms with Crippen molar-refractivity contribution in [3.63, 3.8) is 0 Å². The average Bonchev–Trinajstić information content (AvgIpc) is 2.74. The molecule has 1 fully saturated rings. The van der Waals surface area contributed by atoms with Gasteiger partial charge in [-0.3, -0.25) is 14.5 Å². The molecule has 0 saturated carbocycles. The molecule has 1 saturated heterocycles. The summed E-state index contributed by atoms with van der Waals surface area (Å²) in [5.41, 5.74) is 1.28. The first-order valence-corrected chi connectivity index (χ1v) is 8.42. The van der Waals surface area contributed by atoms with Crippen molar-refractivity contribution in [3.8, 4) is 0 Å². The summed E-state index contributed by atoms with van der Waals surface area (Å²) in [5, 5.41) is 0. The van der Waals surface area contributed by atoms with Gasteiger partial charge in [-0.25, -0.2) is 0 Å². The zero-order chi connectivity index (χ0) is 15.0. The first-order chi connectivity index (χ1) is 10.1. The molecular formula is C16H20BrN2O2+. The molecule has 2 aliphatic heterocycles. The van der Waals surface area contributed by atoms with Crippen molar-refractivity contribution >= 4 is 33.3 Å². The number of nitrogens with one attached hydrogen (secondary N) is 1. The number of hydrogen-bond donors (Lipinski definition) is 1. The highest BCUT2D eigenvalue weighted by Gasteiger charge is 2.40. The summed E-state index contributed by atoms with van der Waals surface area (Å²) in [7, 11) is 0. The lowest BCUT2D eigenvalue weighted by Gasteiger charge is -2.34. The molecule has 0 radical (unpaired) electrons. The SMILES string of the molecule is CC[C@@H]1CCCC[NH+]1CN1C(=O)C(=O)c2cccc(Br)c21. The molecule has 2 heterocycles. The molecule has 1 aromatic carbocycles. The Morgan fingerprint density at radius 2 is 2.14 bits per heavy atom. The molecule has 21 heavy (non-hydrogen) atoms. The van der Waals surface area contributed by atoms with Gasteiger partial charge in [0.25, 0.3) is 5.78 Å². The van der Waals surface area contributed by atoms with Gasteiger partial charge in [0.2, 0.25) is 0 Å². The predicted molar refractivity (Wildman–Crippen MR) is 84.6 cm³/mol. The number of Topliss-reactive ketones (excluding diaryl/α,β-unsaturated/α-hetero) is 1. The Bertz CT molecular complexity index is 588. The normalized spacial score (nSPS) is 25.3. The highest BCUT2D eigenvalue weighted by molar-refractivity contribution is 9.10. The highest BCUT2D eigenvalue weighted by Crippen LogP contribution is 2.35. The number of carbonyl (C=O) groups excluding carboxylic acids is 2. The third-order valence-corrected chi connectivity index (χ3v) is 5.31. The number of para-hydroxylation sites is 1. The van der Waals surface area contributed by atoms with E-state index in [1.165, 1.54) is 24.2 Å². The number of hydrogen-bond acceptors (Lipinski definition) is 2. The minimum atomic E-state index is -0.384.